The predicted octanol–water partition coefficient (Wildman–Crippen LogP) is -0.0321. The highest BCUT2D eigenvalue weighted by atomic mass is 16.5. The molecular weight excluding hydrogens is 234 g/mol. The maximum atomic E-state index is 11.4. The summed E-state index contributed by atoms with van der Waals surface area (Å²) in [5.74, 6) is 0.269. The fourth-order valence-corrected chi connectivity index (χ4v) is 2.05. The summed E-state index contributed by atoms with van der Waals surface area (Å²) in [6.45, 7) is 1.43. The molecular formula is C12H17N3O3. The second kappa shape index (κ2) is 5.14. The van der Waals surface area contributed by atoms with Gasteiger partial charge in [-0.25, -0.2) is 0 Å². The van der Waals surface area contributed by atoms with Gasteiger partial charge >= 0.3 is 0 Å². The first kappa shape index (κ1) is 12.5. The molecule has 1 fully saturated rings. The van der Waals surface area contributed by atoms with Crippen LogP contribution in [0.1, 0.15) is 0 Å². The highest BCUT2D eigenvalue weighted by Gasteiger charge is 2.28. The van der Waals surface area contributed by atoms with Gasteiger partial charge in [0.25, 0.3) is 0 Å². The number of methoxy groups -OCH3 is 1. The van der Waals surface area contributed by atoms with Crippen LogP contribution in [0.3, 0.4) is 0 Å². The van der Waals surface area contributed by atoms with Gasteiger partial charge in [0, 0.05) is 12.6 Å². The van der Waals surface area contributed by atoms with E-state index in [2.05, 4.69) is 0 Å². The average Bonchev–Trinajstić information content (AvgIpc) is 2.38. The van der Waals surface area contributed by atoms with E-state index in [0.29, 0.717) is 31.2 Å². The molecule has 6 nitrogen and oxygen atoms in total. The number of carbonyl (C=O) groups excluding carboxylic acids is 1. The van der Waals surface area contributed by atoms with Crippen molar-refractivity contribution >= 4 is 17.3 Å². The molecule has 2 rings (SSSR count). The predicted molar refractivity (Wildman–Crippen MR) is 68.6 cm³/mol. The molecule has 1 amide bonds. The van der Waals surface area contributed by atoms with Gasteiger partial charge in [-0.2, -0.15) is 0 Å². The molecule has 1 aromatic rings. The Kier molecular flexibility index (Phi) is 3.57. The Morgan fingerprint density at radius 1 is 1.56 bits per heavy atom. The Morgan fingerprint density at radius 2 is 2.33 bits per heavy atom. The molecule has 1 heterocycles. The third kappa shape index (κ3) is 2.33. The number of nitrogens with zero attached hydrogens (tertiary/aromatic N) is 1. The molecule has 1 atom stereocenters. The van der Waals surface area contributed by atoms with Crippen LogP contribution >= 0.6 is 0 Å². The van der Waals surface area contributed by atoms with E-state index in [1.807, 2.05) is 11.0 Å². The van der Waals surface area contributed by atoms with Crippen LogP contribution in [-0.4, -0.2) is 38.8 Å². The first-order valence-corrected chi connectivity index (χ1v) is 5.70. The number of anilines is 2. The molecule has 0 aromatic heterocycles. The summed E-state index contributed by atoms with van der Waals surface area (Å²) in [5, 5.41) is 0. The molecule has 1 unspecified atom stereocenters. The highest BCUT2D eigenvalue weighted by molar-refractivity contribution is 5.86. The molecule has 0 radical (unpaired) electrons. The van der Waals surface area contributed by atoms with Crippen LogP contribution < -0.4 is 21.1 Å². The number of morpholine rings is 1. The first-order valence-electron chi connectivity index (χ1n) is 5.70. The number of carbonyl (C=O) groups is 1. The molecule has 6 heteroatoms. The van der Waals surface area contributed by atoms with Crippen LogP contribution in [0.2, 0.25) is 0 Å². The number of benzene rings is 1. The van der Waals surface area contributed by atoms with Gasteiger partial charge in [-0.1, -0.05) is 0 Å². The molecule has 4 N–H and O–H groups in total. The van der Waals surface area contributed by atoms with Crippen molar-refractivity contribution in [3.05, 3.63) is 18.2 Å². The molecule has 0 spiro atoms. The molecule has 1 saturated heterocycles. The highest BCUT2D eigenvalue weighted by Crippen LogP contribution is 2.29. The summed E-state index contributed by atoms with van der Waals surface area (Å²) in [4.78, 5) is 13.3. The smallest absolute Gasteiger partial charge is 0.242 e. The SMILES string of the molecule is COc1ccc(N2CCOCC2C(N)=O)c(N)c1. The van der Waals surface area contributed by atoms with Crippen molar-refractivity contribution in [1.29, 1.82) is 0 Å². The fraction of sp³-hybridized carbons (Fsp3) is 0.417. The monoisotopic (exact) mass is 251 g/mol. The summed E-state index contributed by atoms with van der Waals surface area (Å²) in [6.07, 6.45) is 0. The largest absolute Gasteiger partial charge is 0.497 e. The van der Waals surface area contributed by atoms with Crippen molar-refractivity contribution in [3.8, 4) is 5.75 Å². The van der Waals surface area contributed by atoms with Gasteiger partial charge in [0.15, 0.2) is 0 Å². The molecule has 1 aliphatic rings. The van der Waals surface area contributed by atoms with Gasteiger partial charge in [0.1, 0.15) is 11.8 Å². The maximum Gasteiger partial charge on any atom is 0.242 e. The quantitative estimate of drug-likeness (QED) is 0.736. The second-order valence-corrected chi connectivity index (χ2v) is 4.11. The number of nitrogens with two attached hydrogens (primary N) is 2. The summed E-state index contributed by atoms with van der Waals surface area (Å²) in [6, 6.07) is 4.88. The topological polar surface area (TPSA) is 90.8 Å². The van der Waals surface area contributed by atoms with Crippen molar-refractivity contribution in [1.82, 2.24) is 0 Å². The molecule has 0 saturated carbocycles. The van der Waals surface area contributed by atoms with Crippen molar-refractivity contribution in [3.63, 3.8) is 0 Å². The van der Waals surface area contributed by atoms with E-state index in [1.165, 1.54) is 0 Å². The number of nitrogen functional groups attached to an aromatic ring is 1. The minimum Gasteiger partial charge on any atom is -0.497 e. The lowest BCUT2D eigenvalue weighted by molar-refractivity contribution is -0.121. The first-order chi connectivity index (χ1) is 8.63. The normalized spacial score (nSPS) is 19.6. The number of hydrogen-bond acceptors (Lipinski definition) is 5. The fourth-order valence-electron chi connectivity index (χ4n) is 2.05. The minimum absolute atomic E-state index is 0.292. The van der Waals surface area contributed by atoms with Gasteiger partial charge in [-0.15, -0.1) is 0 Å². The van der Waals surface area contributed by atoms with Crippen LogP contribution in [0.25, 0.3) is 0 Å². The molecule has 1 aliphatic heterocycles. The molecule has 98 valence electrons. The van der Waals surface area contributed by atoms with E-state index in [1.54, 1.807) is 19.2 Å². The van der Waals surface area contributed by atoms with E-state index < -0.39 is 11.9 Å². The van der Waals surface area contributed by atoms with Crippen molar-refractivity contribution in [2.45, 2.75) is 6.04 Å². The van der Waals surface area contributed by atoms with Crippen molar-refractivity contribution in [2.75, 3.05) is 37.5 Å². The van der Waals surface area contributed by atoms with E-state index in [4.69, 9.17) is 20.9 Å². The lowest BCUT2D eigenvalue weighted by Gasteiger charge is -2.36. The number of amides is 1. The Morgan fingerprint density at radius 3 is 2.94 bits per heavy atom. The van der Waals surface area contributed by atoms with Crippen LogP contribution in [0, 0.1) is 0 Å². The average molecular weight is 251 g/mol. The second-order valence-electron chi connectivity index (χ2n) is 4.11. The van der Waals surface area contributed by atoms with Gasteiger partial charge < -0.3 is 25.8 Å². The minimum atomic E-state index is -0.477. The number of hydrogen-bond donors (Lipinski definition) is 2. The standard InChI is InChI=1S/C12H17N3O3/c1-17-8-2-3-10(9(13)6-8)15-4-5-18-7-11(15)12(14)16/h2-3,6,11H,4-5,7,13H2,1H3,(H2,14,16). The Balaban J connectivity index is 2.31. The van der Waals surface area contributed by atoms with Crippen LogP contribution in [-0.2, 0) is 9.53 Å². The maximum absolute atomic E-state index is 11.4. The van der Waals surface area contributed by atoms with E-state index in [-0.39, 0.29) is 0 Å². The third-order valence-corrected chi connectivity index (χ3v) is 3.00. The van der Waals surface area contributed by atoms with E-state index in [0.717, 1.165) is 5.69 Å². The van der Waals surface area contributed by atoms with E-state index in [9.17, 15) is 4.79 Å². The Hall–Kier alpha value is -1.95. The lowest BCUT2D eigenvalue weighted by atomic mass is 10.1. The zero-order chi connectivity index (χ0) is 13.1. The zero-order valence-electron chi connectivity index (χ0n) is 10.3. The summed E-state index contributed by atoms with van der Waals surface area (Å²) >= 11 is 0. The molecule has 0 aliphatic carbocycles. The van der Waals surface area contributed by atoms with Gasteiger partial charge in [0.2, 0.25) is 5.91 Å². The third-order valence-electron chi connectivity index (χ3n) is 3.00. The summed E-state index contributed by atoms with van der Waals surface area (Å²) < 4.78 is 10.4. The van der Waals surface area contributed by atoms with Crippen LogP contribution in [0.4, 0.5) is 11.4 Å². The lowest BCUT2D eigenvalue weighted by Crippen LogP contribution is -2.52. The van der Waals surface area contributed by atoms with Crippen LogP contribution in [0.5, 0.6) is 5.75 Å². The van der Waals surface area contributed by atoms with Gasteiger partial charge in [-0.3, -0.25) is 4.79 Å². The Bertz CT molecular complexity index is 450. The van der Waals surface area contributed by atoms with Crippen molar-refractivity contribution in [2.24, 2.45) is 5.73 Å². The zero-order valence-corrected chi connectivity index (χ0v) is 10.3. The number of primary amides is 1. The van der Waals surface area contributed by atoms with Crippen LogP contribution in [0.15, 0.2) is 18.2 Å². The van der Waals surface area contributed by atoms with Gasteiger partial charge in [-0.05, 0) is 12.1 Å². The van der Waals surface area contributed by atoms with E-state index >= 15 is 0 Å². The molecule has 0 bridgehead atoms. The van der Waals surface area contributed by atoms with Gasteiger partial charge in [0.05, 0.1) is 31.7 Å². The van der Waals surface area contributed by atoms with Crippen molar-refractivity contribution < 1.29 is 14.3 Å². The summed E-state index contributed by atoms with van der Waals surface area (Å²) in [5.41, 5.74) is 12.7. The summed E-state index contributed by atoms with van der Waals surface area (Å²) in [7, 11) is 1.58. The Labute approximate surface area is 105 Å². The molecule has 18 heavy (non-hydrogen) atoms. The number of ether oxygens (including phenoxy) is 2. The molecule has 1 aromatic carbocycles. The number of rotatable bonds is 3.